The van der Waals surface area contributed by atoms with Gasteiger partial charge in [0, 0.05) is 0 Å². The van der Waals surface area contributed by atoms with E-state index in [0.717, 1.165) is 17.6 Å². The number of hydrogen-bond acceptors (Lipinski definition) is 2. The van der Waals surface area contributed by atoms with Crippen LogP contribution in [0.25, 0.3) is 5.57 Å². The third-order valence-corrected chi connectivity index (χ3v) is 3.32. The summed E-state index contributed by atoms with van der Waals surface area (Å²) in [7, 11) is 0. The summed E-state index contributed by atoms with van der Waals surface area (Å²) in [4.78, 5) is 23.3. The van der Waals surface area contributed by atoms with Crippen molar-refractivity contribution < 1.29 is 9.59 Å². The first kappa shape index (κ1) is 11.8. The van der Waals surface area contributed by atoms with Crippen molar-refractivity contribution in [3.63, 3.8) is 0 Å². The summed E-state index contributed by atoms with van der Waals surface area (Å²) in [6.45, 7) is 3.47. The predicted molar refractivity (Wildman–Crippen MR) is 67.4 cm³/mol. The van der Waals surface area contributed by atoms with Gasteiger partial charge >= 0.3 is 0 Å². The molecule has 2 atom stereocenters. The molecule has 2 nitrogen and oxygen atoms in total. The highest BCUT2D eigenvalue weighted by molar-refractivity contribution is 6.11. The Morgan fingerprint density at radius 3 is 2.41 bits per heavy atom. The van der Waals surface area contributed by atoms with Crippen LogP contribution in [0.4, 0.5) is 0 Å². The van der Waals surface area contributed by atoms with Gasteiger partial charge in [0.2, 0.25) is 0 Å². The van der Waals surface area contributed by atoms with E-state index in [1.54, 1.807) is 6.08 Å². The van der Waals surface area contributed by atoms with Gasteiger partial charge in [0.15, 0.2) is 5.78 Å². The van der Waals surface area contributed by atoms with Crippen LogP contribution in [-0.4, -0.2) is 11.6 Å². The number of Topliss-reactive ketones (excluding diaryl/α,β-unsaturated/α-hetero) is 1. The van der Waals surface area contributed by atoms with E-state index in [9.17, 15) is 9.59 Å². The highest BCUT2D eigenvalue weighted by Crippen LogP contribution is 2.33. The number of rotatable bonds is 2. The van der Waals surface area contributed by atoms with E-state index >= 15 is 0 Å². The van der Waals surface area contributed by atoms with Crippen LogP contribution in [0.3, 0.4) is 0 Å². The first-order chi connectivity index (χ1) is 8.09. The van der Waals surface area contributed by atoms with Crippen LogP contribution in [0, 0.1) is 11.8 Å². The van der Waals surface area contributed by atoms with Crippen molar-refractivity contribution in [2.24, 2.45) is 11.8 Å². The van der Waals surface area contributed by atoms with Gasteiger partial charge in [-0.15, -0.1) is 0 Å². The standard InChI is InChI=1S/C15H16O2/c1-10-8-13(12-6-4-3-5-7-12)9-14(17)15(10)11(2)16/h3-7,9-10,15H,8H2,1-2H3. The van der Waals surface area contributed by atoms with Gasteiger partial charge in [-0.05, 0) is 36.5 Å². The molecule has 0 saturated heterocycles. The first-order valence-electron chi connectivity index (χ1n) is 5.90. The summed E-state index contributed by atoms with van der Waals surface area (Å²) in [6, 6.07) is 9.88. The number of hydrogen-bond donors (Lipinski definition) is 0. The number of carbonyl (C=O) groups is 2. The van der Waals surface area contributed by atoms with Crippen molar-refractivity contribution >= 4 is 17.1 Å². The minimum absolute atomic E-state index is 0.0224. The molecule has 0 spiro atoms. The minimum atomic E-state index is -0.442. The van der Waals surface area contributed by atoms with Crippen LogP contribution in [0.1, 0.15) is 25.8 Å². The molecule has 0 saturated carbocycles. The van der Waals surface area contributed by atoms with Crippen molar-refractivity contribution in [2.75, 3.05) is 0 Å². The predicted octanol–water partition coefficient (Wildman–Crippen LogP) is 2.88. The van der Waals surface area contributed by atoms with Crippen molar-refractivity contribution in [2.45, 2.75) is 20.3 Å². The average Bonchev–Trinajstić information content (AvgIpc) is 2.28. The van der Waals surface area contributed by atoms with Crippen LogP contribution >= 0.6 is 0 Å². The third-order valence-electron chi connectivity index (χ3n) is 3.32. The van der Waals surface area contributed by atoms with Gasteiger partial charge in [0.25, 0.3) is 0 Å². The van der Waals surface area contributed by atoms with Gasteiger partial charge in [-0.25, -0.2) is 0 Å². The normalized spacial score (nSPS) is 24.4. The number of benzene rings is 1. The lowest BCUT2D eigenvalue weighted by molar-refractivity contribution is -0.131. The minimum Gasteiger partial charge on any atom is -0.299 e. The van der Waals surface area contributed by atoms with E-state index < -0.39 is 5.92 Å². The zero-order chi connectivity index (χ0) is 12.4. The molecule has 0 N–H and O–H groups in total. The van der Waals surface area contributed by atoms with Crippen LogP contribution < -0.4 is 0 Å². The zero-order valence-electron chi connectivity index (χ0n) is 10.1. The molecule has 0 aromatic heterocycles. The zero-order valence-corrected chi connectivity index (χ0v) is 10.1. The van der Waals surface area contributed by atoms with Crippen molar-refractivity contribution in [3.05, 3.63) is 42.0 Å². The fourth-order valence-corrected chi connectivity index (χ4v) is 2.52. The van der Waals surface area contributed by atoms with Crippen molar-refractivity contribution in [3.8, 4) is 0 Å². The second-order valence-corrected chi connectivity index (χ2v) is 4.71. The molecule has 1 aromatic rings. The Kier molecular flexibility index (Phi) is 3.23. The highest BCUT2D eigenvalue weighted by atomic mass is 16.1. The van der Waals surface area contributed by atoms with Crippen molar-refractivity contribution in [1.29, 1.82) is 0 Å². The SMILES string of the molecule is CC(=O)C1C(=O)C=C(c2ccccc2)CC1C. The molecule has 1 aliphatic rings. The molecule has 2 unspecified atom stereocenters. The third kappa shape index (κ3) is 2.36. The molecular formula is C15H16O2. The monoisotopic (exact) mass is 228 g/mol. The van der Waals surface area contributed by atoms with Gasteiger partial charge in [-0.1, -0.05) is 37.3 Å². The Bertz CT molecular complexity index is 471. The molecule has 2 heteroatoms. The Morgan fingerprint density at radius 1 is 1.24 bits per heavy atom. The Balaban J connectivity index is 2.32. The largest absolute Gasteiger partial charge is 0.299 e. The molecule has 0 amide bonds. The molecule has 0 bridgehead atoms. The fraction of sp³-hybridized carbons (Fsp3) is 0.333. The van der Waals surface area contributed by atoms with Crippen LogP contribution in [0.15, 0.2) is 36.4 Å². The molecule has 1 aliphatic carbocycles. The summed E-state index contributed by atoms with van der Waals surface area (Å²) in [5, 5.41) is 0. The molecule has 0 aliphatic heterocycles. The topological polar surface area (TPSA) is 34.1 Å². The summed E-state index contributed by atoms with van der Waals surface area (Å²) >= 11 is 0. The molecule has 0 heterocycles. The first-order valence-corrected chi connectivity index (χ1v) is 5.90. The highest BCUT2D eigenvalue weighted by Gasteiger charge is 2.32. The van der Waals surface area contributed by atoms with E-state index in [4.69, 9.17) is 0 Å². The molecular weight excluding hydrogens is 212 g/mol. The smallest absolute Gasteiger partial charge is 0.166 e. The maximum Gasteiger partial charge on any atom is 0.166 e. The maximum absolute atomic E-state index is 11.9. The Morgan fingerprint density at radius 2 is 1.88 bits per heavy atom. The van der Waals surface area contributed by atoms with Gasteiger partial charge < -0.3 is 0 Å². The van der Waals surface area contributed by atoms with Gasteiger partial charge in [0.05, 0.1) is 5.92 Å². The second kappa shape index (κ2) is 4.66. The summed E-state index contributed by atoms with van der Waals surface area (Å²) in [5.41, 5.74) is 2.12. The van der Waals surface area contributed by atoms with E-state index in [0.29, 0.717) is 0 Å². The molecule has 0 radical (unpaired) electrons. The second-order valence-electron chi connectivity index (χ2n) is 4.71. The summed E-state index contributed by atoms with van der Waals surface area (Å²) in [5.74, 6) is -0.413. The van der Waals surface area contributed by atoms with E-state index in [1.807, 2.05) is 37.3 Å². The van der Waals surface area contributed by atoms with Gasteiger partial charge in [0.1, 0.15) is 5.78 Å². The number of ketones is 2. The van der Waals surface area contributed by atoms with Crippen LogP contribution in [-0.2, 0) is 9.59 Å². The summed E-state index contributed by atoms with van der Waals surface area (Å²) < 4.78 is 0. The molecule has 17 heavy (non-hydrogen) atoms. The lowest BCUT2D eigenvalue weighted by atomic mass is 9.76. The Labute approximate surface area is 101 Å². The van der Waals surface area contributed by atoms with Gasteiger partial charge in [-0.2, -0.15) is 0 Å². The quantitative estimate of drug-likeness (QED) is 0.729. The molecule has 88 valence electrons. The number of allylic oxidation sites excluding steroid dienone is 2. The van der Waals surface area contributed by atoms with Crippen LogP contribution in [0.2, 0.25) is 0 Å². The lowest BCUT2D eigenvalue weighted by Gasteiger charge is -2.25. The fourth-order valence-electron chi connectivity index (χ4n) is 2.52. The van der Waals surface area contributed by atoms with Crippen molar-refractivity contribution in [1.82, 2.24) is 0 Å². The average molecular weight is 228 g/mol. The summed E-state index contributed by atoms with van der Waals surface area (Å²) in [6.07, 6.45) is 2.43. The lowest BCUT2D eigenvalue weighted by Crippen LogP contribution is -2.30. The molecule has 0 fully saturated rings. The molecule has 2 rings (SSSR count). The molecule has 1 aromatic carbocycles. The van der Waals surface area contributed by atoms with E-state index in [2.05, 4.69) is 0 Å². The van der Waals surface area contributed by atoms with Crippen LogP contribution in [0.5, 0.6) is 0 Å². The number of carbonyl (C=O) groups excluding carboxylic acids is 2. The Hall–Kier alpha value is -1.70. The van der Waals surface area contributed by atoms with Gasteiger partial charge in [-0.3, -0.25) is 9.59 Å². The maximum atomic E-state index is 11.9. The van der Waals surface area contributed by atoms with E-state index in [1.165, 1.54) is 6.92 Å². The van der Waals surface area contributed by atoms with E-state index in [-0.39, 0.29) is 17.5 Å².